The molecule has 24 heavy (non-hydrogen) atoms. The van der Waals surface area contributed by atoms with Crippen molar-refractivity contribution in [2.24, 2.45) is 5.92 Å². The van der Waals surface area contributed by atoms with Crippen LogP contribution in [0.1, 0.15) is 25.3 Å². The highest BCUT2D eigenvalue weighted by Crippen LogP contribution is 2.35. The van der Waals surface area contributed by atoms with Gasteiger partial charge >= 0.3 is 6.18 Å². The van der Waals surface area contributed by atoms with Gasteiger partial charge < -0.3 is 4.90 Å². The van der Waals surface area contributed by atoms with Gasteiger partial charge in [-0.15, -0.1) is 0 Å². The van der Waals surface area contributed by atoms with Crippen LogP contribution in [0.15, 0.2) is 23.1 Å². The number of likely N-dealkylation sites (tertiary alicyclic amines) is 1. The zero-order valence-electron chi connectivity index (χ0n) is 13.2. The molecule has 1 aliphatic rings. The predicted molar refractivity (Wildman–Crippen MR) is 86.5 cm³/mol. The van der Waals surface area contributed by atoms with Crippen LogP contribution >= 0.6 is 11.6 Å². The number of sulfonamides is 1. The molecule has 0 radical (unpaired) electrons. The maximum atomic E-state index is 12.8. The number of alkyl halides is 3. The lowest BCUT2D eigenvalue weighted by atomic mass is 10.0. The van der Waals surface area contributed by atoms with Crippen LogP contribution in [-0.4, -0.2) is 39.5 Å². The molecule has 0 aliphatic carbocycles. The molecule has 1 saturated heterocycles. The number of nitrogens with zero attached hydrogens (tertiary/aromatic N) is 1. The van der Waals surface area contributed by atoms with Crippen molar-refractivity contribution < 1.29 is 21.6 Å². The first-order valence-electron chi connectivity index (χ1n) is 7.68. The van der Waals surface area contributed by atoms with Crippen LogP contribution in [0.5, 0.6) is 0 Å². The molecule has 1 N–H and O–H groups in total. The van der Waals surface area contributed by atoms with Gasteiger partial charge in [-0.05, 0) is 43.5 Å². The molecule has 1 atom stereocenters. The van der Waals surface area contributed by atoms with Crippen LogP contribution < -0.4 is 4.72 Å². The summed E-state index contributed by atoms with van der Waals surface area (Å²) in [5.41, 5.74) is -1.16. The van der Waals surface area contributed by atoms with E-state index in [9.17, 15) is 21.6 Å². The van der Waals surface area contributed by atoms with Crippen molar-refractivity contribution in [1.29, 1.82) is 0 Å². The second-order valence-electron chi connectivity index (χ2n) is 6.09. The Labute approximate surface area is 145 Å². The molecular formula is C15H20ClF3N2O2S. The Morgan fingerprint density at radius 3 is 2.71 bits per heavy atom. The summed E-state index contributed by atoms with van der Waals surface area (Å²) in [5, 5.41) is -0.524. The molecule has 0 saturated carbocycles. The fourth-order valence-electron chi connectivity index (χ4n) is 2.80. The van der Waals surface area contributed by atoms with Crippen LogP contribution in [0.2, 0.25) is 5.02 Å². The van der Waals surface area contributed by atoms with Crippen LogP contribution in [0.3, 0.4) is 0 Å². The Hall–Kier alpha value is -0.830. The minimum Gasteiger partial charge on any atom is -0.302 e. The second kappa shape index (κ2) is 7.59. The molecule has 9 heteroatoms. The van der Waals surface area contributed by atoms with Crippen molar-refractivity contribution in [3.8, 4) is 0 Å². The van der Waals surface area contributed by atoms with E-state index in [1.165, 1.54) is 0 Å². The third-order valence-corrected chi connectivity index (χ3v) is 5.80. The topological polar surface area (TPSA) is 49.4 Å². The molecule has 1 fully saturated rings. The monoisotopic (exact) mass is 384 g/mol. The first kappa shape index (κ1) is 19.5. The van der Waals surface area contributed by atoms with Crippen molar-refractivity contribution in [3.05, 3.63) is 28.8 Å². The van der Waals surface area contributed by atoms with Gasteiger partial charge in [0, 0.05) is 19.6 Å². The molecule has 0 aromatic heterocycles. The van der Waals surface area contributed by atoms with E-state index in [-0.39, 0.29) is 6.54 Å². The Morgan fingerprint density at radius 1 is 1.38 bits per heavy atom. The summed E-state index contributed by atoms with van der Waals surface area (Å²) in [6, 6.07) is 2.59. The fourth-order valence-corrected chi connectivity index (χ4v) is 4.07. The van der Waals surface area contributed by atoms with E-state index in [0.29, 0.717) is 18.5 Å². The molecule has 0 spiro atoms. The quantitative estimate of drug-likeness (QED) is 0.846. The molecule has 1 aromatic carbocycles. The van der Waals surface area contributed by atoms with Gasteiger partial charge in [-0.25, -0.2) is 13.1 Å². The molecule has 1 heterocycles. The van der Waals surface area contributed by atoms with Crippen molar-refractivity contribution in [2.45, 2.75) is 30.8 Å². The van der Waals surface area contributed by atoms with E-state index in [2.05, 4.69) is 16.5 Å². The third-order valence-electron chi connectivity index (χ3n) is 4.01. The van der Waals surface area contributed by atoms with E-state index < -0.39 is 31.7 Å². The van der Waals surface area contributed by atoms with E-state index in [0.717, 1.165) is 38.1 Å². The summed E-state index contributed by atoms with van der Waals surface area (Å²) in [4.78, 5) is 1.71. The smallest absolute Gasteiger partial charge is 0.302 e. The van der Waals surface area contributed by atoms with Gasteiger partial charge in [0.1, 0.15) is 0 Å². The van der Waals surface area contributed by atoms with Gasteiger partial charge in [0.2, 0.25) is 10.0 Å². The van der Waals surface area contributed by atoms with Crippen LogP contribution in [0.25, 0.3) is 0 Å². The summed E-state index contributed by atoms with van der Waals surface area (Å²) in [6.07, 6.45) is -2.47. The van der Waals surface area contributed by atoms with E-state index in [1.54, 1.807) is 0 Å². The van der Waals surface area contributed by atoms with Crippen LogP contribution in [0, 0.1) is 5.92 Å². The minimum absolute atomic E-state index is 0.152. The lowest BCUT2D eigenvalue weighted by molar-refractivity contribution is -0.137. The van der Waals surface area contributed by atoms with Crippen LogP contribution in [-0.2, 0) is 16.2 Å². The van der Waals surface area contributed by atoms with E-state index in [1.807, 2.05) is 0 Å². The highest BCUT2D eigenvalue weighted by molar-refractivity contribution is 7.89. The van der Waals surface area contributed by atoms with Crippen molar-refractivity contribution >= 4 is 21.6 Å². The maximum Gasteiger partial charge on any atom is 0.417 e. The highest BCUT2D eigenvalue weighted by atomic mass is 35.5. The predicted octanol–water partition coefficient (Wildman–Crippen LogP) is 3.37. The second-order valence-corrected chi connectivity index (χ2v) is 8.26. The van der Waals surface area contributed by atoms with Crippen molar-refractivity contribution in [1.82, 2.24) is 9.62 Å². The van der Waals surface area contributed by atoms with Crippen LogP contribution in [0.4, 0.5) is 13.2 Å². The summed E-state index contributed by atoms with van der Waals surface area (Å²) < 4.78 is 65.3. The summed E-state index contributed by atoms with van der Waals surface area (Å²) in [7, 11) is -4.01. The Kier molecular flexibility index (Phi) is 6.17. The van der Waals surface area contributed by atoms with Gasteiger partial charge in [0.15, 0.2) is 0 Å². The summed E-state index contributed by atoms with van der Waals surface area (Å²) >= 11 is 5.51. The molecule has 1 aromatic rings. The highest BCUT2D eigenvalue weighted by Gasteiger charge is 2.34. The molecule has 1 aliphatic heterocycles. The number of halogens is 4. The molecule has 136 valence electrons. The zero-order chi connectivity index (χ0) is 18.0. The zero-order valence-corrected chi connectivity index (χ0v) is 14.8. The number of nitrogens with one attached hydrogen (secondary N) is 1. The van der Waals surface area contributed by atoms with Gasteiger partial charge in [0.25, 0.3) is 0 Å². The average molecular weight is 385 g/mol. The van der Waals surface area contributed by atoms with Crippen molar-refractivity contribution in [3.63, 3.8) is 0 Å². The SMILES string of the molecule is C[C@H]1CCCN(CCNS(=O)(=O)c2ccc(Cl)c(C(F)(F)F)c2)C1. The van der Waals surface area contributed by atoms with Gasteiger partial charge in [-0.3, -0.25) is 0 Å². The molecule has 2 rings (SSSR count). The van der Waals surface area contributed by atoms with E-state index >= 15 is 0 Å². The number of hydrogen-bond donors (Lipinski definition) is 1. The summed E-state index contributed by atoms with van der Waals surface area (Å²) in [5.74, 6) is 0.570. The van der Waals surface area contributed by atoms with Gasteiger partial charge in [0.05, 0.1) is 15.5 Å². The standard InChI is InChI=1S/C15H20ClF3N2O2S/c1-11-3-2-7-21(10-11)8-6-20-24(22,23)12-4-5-14(16)13(9-12)15(17,18)19/h4-5,9,11,20H,2-3,6-8,10H2,1H3/t11-/m0/s1. The number of piperidine rings is 1. The molecular weight excluding hydrogens is 365 g/mol. The average Bonchev–Trinajstić information content (AvgIpc) is 2.46. The molecule has 0 amide bonds. The third kappa shape index (κ3) is 5.08. The first-order valence-corrected chi connectivity index (χ1v) is 9.54. The Bertz CT molecular complexity index is 680. The molecule has 0 bridgehead atoms. The largest absolute Gasteiger partial charge is 0.417 e. The van der Waals surface area contributed by atoms with Crippen molar-refractivity contribution in [2.75, 3.05) is 26.2 Å². The lowest BCUT2D eigenvalue weighted by Crippen LogP contribution is -2.40. The number of benzene rings is 1. The normalized spacial score (nSPS) is 20.3. The first-order chi connectivity index (χ1) is 11.1. The number of rotatable bonds is 5. The van der Waals surface area contributed by atoms with Gasteiger partial charge in [-0.2, -0.15) is 13.2 Å². The molecule has 4 nitrogen and oxygen atoms in total. The minimum atomic E-state index is -4.70. The van der Waals surface area contributed by atoms with Gasteiger partial charge in [-0.1, -0.05) is 18.5 Å². The fraction of sp³-hybridized carbons (Fsp3) is 0.600. The Balaban J connectivity index is 2.02. The number of hydrogen-bond acceptors (Lipinski definition) is 3. The lowest BCUT2D eigenvalue weighted by Gasteiger charge is -2.30. The summed E-state index contributed by atoms with van der Waals surface area (Å²) in [6.45, 7) is 4.64. The molecule has 0 unspecified atom stereocenters. The Morgan fingerprint density at radius 2 is 2.08 bits per heavy atom. The maximum absolute atomic E-state index is 12.8. The van der Waals surface area contributed by atoms with E-state index in [4.69, 9.17) is 11.6 Å².